The van der Waals surface area contributed by atoms with Gasteiger partial charge in [0.2, 0.25) is 0 Å². The van der Waals surface area contributed by atoms with Crippen molar-refractivity contribution in [3.63, 3.8) is 0 Å². The fourth-order valence-corrected chi connectivity index (χ4v) is 2.53. The normalized spacial score (nSPS) is 33.8. The Balaban J connectivity index is 1.83. The molecule has 3 aliphatic rings. The van der Waals surface area contributed by atoms with Crippen LogP contribution >= 0.6 is 0 Å². The van der Waals surface area contributed by atoms with Crippen molar-refractivity contribution in [2.45, 2.75) is 32.4 Å². The molecular weight excluding hydrogens is 214 g/mol. The number of piperazine rings is 3. The van der Waals surface area contributed by atoms with Gasteiger partial charge in [-0.25, -0.2) is 0 Å². The summed E-state index contributed by atoms with van der Waals surface area (Å²) in [6.45, 7) is 13.0. The first-order valence-corrected chi connectivity index (χ1v) is 6.48. The summed E-state index contributed by atoms with van der Waals surface area (Å²) in [5.41, 5.74) is 5.87. The molecular formula is C12H25N5. The van der Waals surface area contributed by atoms with Gasteiger partial charge in [0.1, 0.15) is 0 Å². The number of fused-ring (bicyclic) bond motifs is 3. The second-order valence-electron chi connectivity index (χ2n) is 6.09. The predicted octanol–water partition coefficient (Wildman–Crippen LogP) is -0.311. The predicted molar refractivity (Wildman–Crippen MR) is 71.2 cm³/mol. The molecule has 5 heteroatoms. The molecule has 0 aliphatic carbocycles. The standard InChI is InChI=1S/C12H25N5/c1-12(2,3)15-11(13)14-8-10-9-16-4-6-17(10)7-5-16/h10H,4-9H2,1-3H3,(H3,13,14,15). The van der Waals surface area contributed by atoms with E-state index >= 15 is 0 Å². The molecule has 1 atom stereocenters. The third-order valence-electron chi connectivity index (χ3n) is 3.37. The van der Waals surface area contributed by atoms with Crippen LogP contribution in [0.1, 0.15) is 20.8 Å². The van der Waals surface area contributed by atoms with E-state index in [4.69, 9.17) is 5.73 Å². The number of rotatable bonds is 2. The van der Waals surface area contributed by atoms with Gasteiger partial charge in [-0.05, 0) is 20.8 Å². The van der Waals surface area contributed by atoms with E-state index in [9.17, 15) is 0 Å². The van der Waals surface area contributed by atoms with Gasteiger partial charge in [0.05, 0.1) is 6.54 Å². The summed E-state index contributed by atoms with van der Waals surface area (Å²) in [5.74, 6) is 0.565. The molecule has 0 aromatic rings. The van der Waals surface area contributed by atoms with Gasteiger partial charge in [0.15, 0.2) is 5.96 Å². The number of guanidine groups is 1. The van der Waals surface area contributed by atoms with Gasteiger partial charge < -0.3 is 11.1 Å². The first-order chi connectivity index (χ1) is 7.94. The number of hydrogen-bond acceptors (Lipinski definition) is 3. The zero-order chi connectivity index (χ0) is 12.5. The smallest absolute Gasteiger partial charge is 0.189 e. The Morgan fingerprint density at radius 1 is 1.29 bits per heavy atom. The minimum absolute atomic E-state index is 0.0110. The minimum atomic E-state index is -0.0110. The Bertz CT molecular complexity index is 286. The van der Waals surface area contributed by atoms with Gasteiger partial charge in [-0.2, -0.15) is 0 Å². The van der Waals surface area contributed by atoms with Gasteiger partial charge in [-0.3, -0.25) is 14.8 Å². The van der Waals surface area contributed by atoms with Crippen LogP contribution in [0.25, 0.3) is 0 Å². The number of nitrogens with two attached hydrogens (primary N) is 1. The molecule has 0 aromatic heterocycles. The highest BCUT2D eigenvalue weighted by Crippen LogP contribution is 2.15. The van der Waals surface area contributed by atoms with E-state index in [-0.39, 0.29) is 5.54 Å². The molecule has 5 nitrogen and oxygen atoms in total. The summed E-state index contributed by atoms with van der Waals surface area (Å²) in [4.78, 5) is 9.52. The molecule has 2 bridgehead atoms. The zero-order valence-electron chi connectivity index (χ0n) is 11.2. The summed E-state index contributed by atoms with van der Waals surface area (Å²) in [6, 6.07) is 0.554. The first-order valence-electron chi connectivity index (χ1n) is 6.48. The summed E-state index contributed by atoms with van der Waals surface area (Å²) >= 11 is 0. The minimum Gasteiger partial charge on any atom is -0.370 e. The summed E-state index contributed by atoms with van der Waals surface area (Å²) < 4.78 is 0. The van der Waals surface area contributed by atoms with Gasteiger partial charge in [0, 0.05) is 44.3 Å². The van der Waals surface area contributed by atoms with Crippen LogP contribution in [0.3, 0.4) is 0 Å². The average molecular weight is 239 g/mol. The van der Waals surface area contributed by atoms with Crippen LogP contribution in [0.2, 0.25) is 0 Å². The van der Waals surface area contributed by atoms with E-state index in [1.54, 1.807) is 0 Å². The SMILES string of the molecule is CC(C)(C)NC(N)=NCC1CN2CCN1CC2. The van der Waals surface area contributed by atoms with Gasteiger partial charge in [-0.15, -0.1) is 0 Å². The molecule has 0 radical (unpaired) electrons. The van der Waals surface area contributed by atoms with Crippen molar-refractivity contribution in [3.8, 4) is 0 Å². The second-order valence-corrected chi connectivity index (χ2v) is 6.09. The van der Waals surface area contributed by atoms with Crippen LogP contribution in [0, 0.1) is 0 Å². The summed E-state index contributed by atoms with van der Waals surface area (Å²) in [5, 5.41) is 3.20. The van der Waals surface area contributed by atoms with E-state index in [1.807, 2.05) is 0 Å². The summed E-state index contributed by atoms with van der Waals surface area (Å²) in [7, 11) is 0. The van der Waals surface area contributed by atoms with E-state index in [1.165, 1.54) is 26.2 Å². The maximum atomic E-state index is 5.88. The van der Waals surface area contributed by atoms with E-state index in [0.717, 1.165) is 13.1 Å². The van der Waals surface area contributed by atoms with Gasteiger partial charge >= 0.3 is 0 Å². The Labute approximate surface area is 104 Å². The lowest BCUT2D eigenvalue weighted by molar-refractivity contribution is 0.0174. The topological polar surface area (TPSA) is 56.9 Å². The molecule has 3 aliphatic heterocycles. The molecule has 3 saturated heterocycles. The van der Waals surface area contributed by atoms with E-state index in [2.05, 4.69) is 40.9 Å². The van der Waals surface area contributed by atoms with Crippen LogP contribution in [0.4, 0.5) is 0 Å². The molecule has 1 unspecified atom stereocenters. The van der Waals surface area contributed by atoms with Crippen molar-refractivity contribution >= 4 is 5.96 Å². The number of nitrogens with zero attached hydrogens (tertiary/aromatic N) is 3. The van der Waals surface area contributed by atoms with Crippen LogP contribution < -0.4 is 11.1 Å². The molecule has 0 spiro atoms. The molecule has 0 saturated carbocycles. The lowest BCUT2D eigenvalue weighted by Crippen LogP contribution is -2.62. The Kier molecular flexibility index (Phi) is 3.58. The first kappa shape index (κ1) is 12.6. The molecule has 3 N–H and O–H groups in total. The molecule has 3 heterocycles. The van der Waals surface area contributed by atoms with E-state index < -0.39 is 0 Å². The Morgan fingerprint density at radius 3 is 2.41 bits per heavy atom. The van der Waals surface area contributed by atoms with Crippen LogP contribution in [-0.4, -0.2) is 66.6 Å². The Hall–Kier alpha value is -0.810. The number of nitrogens with one attached hydrogen (secondary N) is 1. The highest BCUT2D eigenvalue weighted by molar-refractivity contribution is 5.78. The van der Waals surface area contributed by atoms with Gasteiger partial charge in [-0.1, -0.05) is 0 Å². The fraction of sp³-hybridized carbons (Fsp3) is 0.917. The van der Waals surface area contributed by atoms with Crippen LogP contribution in [-0.2, 0) is 0 Å². The average Bonchev–Trinajstić information content (AvgIpc) is 2.26. The van der Waals surface area contributed by atoms with E-state index in [0.29, 0.717) is 12.0 Å². The van der Waals surface area contributed by atoms with Crippen molar-refractivity contribution < 1.29 is 0 Å². The number of hydrogen-bond donors (Lipinski definition) is 2. The van der Waals surface area contributed by atoms with Crippen LogP contribution in [0.15, 0.2) is 4.99 Å². The maximum absolute atomic E-state index is 5.88. The zero-order valence-corrected chi connectivity index (χ0v) is 11.2. The highest BCUT2D eigenvalue weighted by Gasteiger charge is 2.31. The second kappa shape index (κ2) is 4.82. The monoisotopic (exact) mass is 239 g/mol. The number of aliphatic imine (C=N–C) groups is 1. The molecule has 17 heavy (non-hydrogen) atoms. The largest absolute Gasteiger partial charge is 0.370 e. The molecule has 0 aromatic carbocycles. The highest BCUT2D eigenvalue weighted by atomic mass is 15.3. The van der Waals surface area contributed by atoms with Crippen molar-refractivity contribution in [2.75, 3.05) is 39.3 Å². The third kappa shape index (κ3) is 3.57. The lowest BCUT2D eigenvalue weighted by Gasteiger charge is -2.47. The molecule has 3 fully saturated rings. The quantitative estimate of drug-likeness (QED) is 0.513. The fourth-order valence-electron chi connectivity index (χ4n) is 2.53. The third-order valence-corrected chi connectivity index (χ3v) is 3.37. The van der Waals surface area contributed by atoms with Crippen LogP contribution in [0.5, 0.6) is 0 Å². The molecule has 98 valence electrons. The Morgan fingerprint density at radius 2 is 1.94 bits per heavy atom. The van der Waals surface area contributed by atoms with Crippen molar-refractivity contribution in [2.24, 2.45) is 10.7 Å². The molecule has 0 amide bonds. The maximum Gasteiger partial charge on any atom is 0.189 e. The lowest BCUT2D eigenvalue weighted by atomic mass is 10.1. The van der Waals surface area contributed by atoms with Crippen molar-refractivity contribution in [1.29, 1.82) is 0 Å². The van der Waals surface area contributed by atoms with Gasteiger partial charge in [0.25, 0.3) is 0 Å². The summed E-state index contributed by atoms with van der Waals surface area (Å²) in [6.07, 6.45) is 0. The van der Waals surface area contributed by atoms with Crippen molar-refractivity contribution in [3.05, 3.63) is 0 Å². The molecule has 3 rings (SSSR count). The van der Waals surface area contributed by atoms with Crippen molar-refractivity contribution in [1.82, 2.24) is 15.1 Å².